The van der Waals surface area contributed by atoms with Crippen LogP contribution in [0.3, 0.4) is 0 Å². The number of rotatable bonds is 2. The Morgan fingerprint density at radius 1 is 0.900 bits per heavy atom. The topological polar surface area (TPSA) is 54.5 Å². The number of carbonyl (C=O) groups is 1. The summed E-state index contributed by atoms with van der Waals surface area (Å²) in [6, 6.07) is 15.1. The van der Waals surface area contributed by atoms with E-state index in [2.05, 4.69) is 0 Å². The number of carbonyl (C=O) groups excluding carboxylic acids is 1. The van der Waals surface area contributed by atoms with Crippen molar-refractivity contribution in [1.29, 1.82) is 0 Å². The Morgan fingerprint density at radius 3 is 2.30 bits per heavy atom. The average molecular weight is 287 g/mol. The molecule has 0 unspecified atom stereocenters. The summed E-state index contributed by atoms with van der Waals surface area (Å²) in [4.78, 5) is 12.1. The van der Waals surface area contributed by atoms with Gasteiger partial charge in [0.25, 0.3) is 10.0 Å². The fourth-order valence-electron chi connectivity index (χ4n) is 2.35. The molecule has 20 heavy (non-hydrogen) atoms. The molecule has 2 aromatic carbocycles. The Kier molecular flexibility index (Phi) is 3.06. The zero-order chi connectivity index (χ0) is 14.2. The minimum atomic E-state index is -3.62. The zero-order valence-corrected chi connectivity index (χ0v) is 11.5. The van der Waals surface area contributed by atoms with Crippen molar-refractivity contribution in [3.05, 3.63) is 60.2 Å². The highest BCUT2D eigenvalue weighted by Gasteiger charge is 2.31. The summed E-state index contributed by atoms with van der Waals surface area (Å²) in [6.07, 6.45) is 0.211. The van der Waals surface area contributed by atoms with Crippen molar-refractivity contribution in [2.24, 2.45) is 0 Å². The predicted molar refractivity (Wildman–Crippen MR) is 76.4 cm³/mol. The molecule has 0 saturated heterocycles. The SMILES string of the molecule is O=C1CCN(S(=O)(=O)c2ccccc2)c2ccccc21. The normalized spacial score (nSPS) is 15.0. The third kappa shape index (κ3) is 2.00. The lowest BCUT2D eigenvalue weighted by molar-refractivity contribution is 0.0982. The fourth-order valence-corrected chi connectivity index (χ4v) is 3.86. The molecule has 5 heteroatoms. The highest BCUT2D eigenvalue weighted by atomic mass is 32.2. The van der Waals surface area contributed by atoms with Crippen LogP contribution >= 0.6 is 0 Å². The molecule has 2 aromatic rings. The van der Waals surface area contributed by atoms with Crippen LogP contribution in [0.1, 0.15) is 16.8 Å². The first-order valence-electron chi connectivity index (χ1n) is 6.31. The summed E-state index contributed by atoms with van der Waals surface area (Å²) in [6.45, 7) is 0.188. The van der Waals surface area contributed by atoms with Gasteiger partial charge in [-0.1, -0.05) is 30.3 Å². The van der Waals surface area contributed by atoms with Gasteiger partial charge < -0.3 is 0 Å². The monoisotopic (exact) mass is 287 g/mol. The Hall–Kier alpha value is -2.14. The molecule has 0 bridgehead atoms. The largest absolute Gasteiger partial charge is 0.294 e. The Labute approximate surface area is 117 Å². The second-order valence-electron chi connectivity index (χ2n) is 4.58. The van der Waals surface area contributed by atoms with Gasteiger partial charge in [0.15, 0.2) is 5.78 Å². The van der Waals surface area contributed by atoms with E-state index in [9.17, 15) is 13.2 Å². The fraction of sp³-hybridized carbons (Fsp3) is 0.133. The van der Waals surface area contributed by atoms with Crippen LogP contribution in [0.4, 0.5) is 5.69 Å². The van der Waals surface area contributed by atoms with Crippen LogP contribution in [0.15, 0.2) is 59.5 Å². The van der Waals surface area contributed by atoms with Crippen molar-refractivity contribution in [2.45, 2.75) is 11.3 Å². The van der Waals surface area contributed by atoms with E-state index in [-0.39, 0.29) is 23.6 Å². The molecule has 0 N–H and O–H groups in total. The number of nitrogens with zero attached hydrogens (tertiary/aromatic N) is 1. The molecule has 0 amide bonds. The molecule has 1 heterocycles. The van der Waals surface area contributed by atoms with Crippen LogP contribution < -0.4 is 4.31 Å². The molecular weight excluding hydrogens is 274 g/mol. The van der Waals surface area contributed by atoms with Gasteiger partial charge in [0.2, 0.25) is 0 Å². The Morgan fingerprint density at radius 2 is 1.55 bits per heavy atom. The molecule has 3 rings (SSSR count). The maximum absolute atomic E-state index is 12.7. The second-order valence-corrected chi connectivity index (χ2v) is 6.44. The average Bonchev–Trinajstić information content (AvgIpc) is 2.48. The molecule has 0 aliphatic carbocycles. The molecule has 0 saturated carbocycles. The molecule has 4 nitrogen and oxygen atoms in total. The van der Waals surface area contributed by atoms with E-state index >= 15 is 0 Å². The van der Waals surface area contributed by atoms with E-state index in [4.69, 9.17) is 0 Å². The molecule has 0 radical (unpaired) electrons. The minimum absolute atomic E-state index is 0.0138. The number of Topliss-reactive ketones (excluding diaryl/α,β-unsaturated/α-hetero) is 1. The van der Waals surface area contributed by atoms with Gasteiger partial charge >= 0.3 is 0 Å². The minimum Gasteiger partial charge on any atom is -0.294 e. The standard InChI is InChI=1S/C15H13NO3S/c17-15-10-11-16(14-9-5-4-8-13(14)15)20(18,19)12-6-2-1-3-7-12/h1-9H,10-11H2. The zero-order valence-electron chi connectivity index (χ0n) is 10.7. The van der Waals surface area contributed by atoms with Crippen molar-refractivity contribution in [3.8, 4) is 0 Å². The first-order valence-corrected chi connectivity index (χ1v) is 7.75. The van der Waals surface area contributed by atoms with Crippen LogP contribution in [0, 0.1) is 0 Å². The summed E-state index contributed by atoms with van der Waals surface area (Å²) in [7, 11) is -3.62. The van der Waals surface area contributed by atoms with Crippen LogP contribution in [0.2, 0.25) is 0 Å². The van der Waals surface area contributed by atoms with E-state index in [1.54, 1.807) is 54.6 Å². The van der Waals surface area contributed by atoms with Gasteiger partial charge in [-0.25, -0.2) is 8.42 Å². The molecular formula is C15H13NO3S. The molecule has 0 aromatic heterocycles. The number of benzene rings is 2. The van der Waals surface area contributed by atoms with Crippen LogP contribution in [0.5, 0.6) is 0 Å². The third-order valence-electron chi connectivity index (χ3n) is 3.35. The number of para-hydroxylation sites is 1. The summed E-state index contributed by atoms with van der Waals surface area (Å²) >= 11 is 0. The highest BCUT2D eigenvalue weighted by Crippen LogP contribution is 2.31. The van der Waals surface area contributed by atoms with Crippen molar-refractivity contribution in [2.75, 3.05) is 10.8 Å². The molecule has 1 aliphatic heterocycles. The lowest BCUT2D eigenvalue weighted by atomic mass is 10.0. The third-order valence-corrected chi connectivity index (χ3v) is 5.17. The van der Waals surface area contributed by atoms with Crippen molar-refractivity contribution < 1.29 is 13.2 Å². The summed E-state index contributed by atoms with van der Waals surface area (Å²) < 4.78 is 26.7. The number of anilines is 1. The number of ketones is 1. The van der Waals surface area contributed by atoms with E-state index in [0.717, 1.165) is 0 Å². The van der Waals surface area contributed by atoms with E-state index in [1.165, 1.54) is 4.31 Å². The maximum Gasteiger partial charge on any atom is 0.264 e. The van der Waals surface area contributed by atoms with Crippen molar-refractivity contribution in [3.63, 3.8) is 0 Å². The number of hydrogen-bond donors (Lipinski definition) is 0. The Bertz CT molecular complexity index is 754. The van der Waals surface area contributed by atoms with Crippen LogP contribution in [-0.2, 0) is 10.0 Å². The van der Waals surface area contributed by atoms with Crippen LogP contribution in [-0.4, -0.2) is 20.7 Å². The first-order chi connectivity index (χ1) is 9.60. The Balaban J connectivity index is 2.13. The lowest BCUT2D eigenvalue weighted by Crippen LogP contribution is -2.37. The second kappa shape index (κ2) is 4.76. The summed E-state index contributed by atoms with van der Waals surface area (Å²) in [5.74, 6) is -0.0138. The molecule has 0 spiro atoms. The first kappa shape index (κ1) is 12.9. The lowest BCUT2D eigenvalue weighted by Gasteiger charge is -2.29. The number of fused-ring (bicyclic) bond motifs is 1. The van der Waals surface area contributed by atoms with Gasteiger partial charge in [-0.3, -0.25) is 9.10 Å². The van der Waals surface area contributed by atoms with Gasteiger partial charge in [0, 0.05) is 18.5 Å². The predicted octanol–water partition coefficient (Wildman–Crippen LogP) is 2.47. The smallest absolute Gasteiger partial charge is 0.264 e. The molecule has 0 atom stereocenters. The molecule has 102 valence electrons. The van der Waals surface area contributed by atoms with E-state index in [1.807, 2.05) is 0 Å². The van der Waals surface area contributed by atoms with Gasteiger partial charge in [-0.05, 0) is 24.3 Å². The number of sulfonamides is 1. The maximum atomic E-state index is 12.7. The highest BCUT2D eigenvalue weighted by molar-refractivity contribution is 7.92. The van der Waals surface area contributed by atoms with Crippen molar-refractivity contribution >= 4 is 21.5 Å². The molecule has 1 aliphatic rings. The number of hydrogen-bond acceptors (Lipinski definition) is 3. The van der Waals surface area contributed by atoms with Gasteiger partial charge in [0.1, 0.15) is 0 Å². The van der Waals surface area contributed by atoms with Gasteiger partial charge in [-0.2, -0.15) is 0 Å². The molecule has 0 fully saturated rings. The summed E-state index contributed by atoms with van der Waals surface area (Å²) in [5.41, 5.74) is 0.936. The van der Waals surface area contributed by atoms with Crippen LogP contribution in [0.25, 0.3) is 0 Å². The van der Waals surface area contributed by atoms with Gasteiger partial charge in [-0.15, -0.1) is 0 Å². The quantitative estimate of drug-likeness (QED) is 0.852. The van der Waals surface area contributed by atoms with E-state index < -0.39 is 10.0 Å². The summed E-state index contributed by atoms with van der Waals surface area (Å²) in [5, 5.41) is 0. The van der Waals surface area contributed by atoms with E-state index in [0.29, 0.717) is 11.3 Å². The van der Waals surface area contributed by atoms with Gasteiger partial charge in [0.05, 0.1) is 10.6 Å². The van der Waals surface area contributed by atoms with Crippen molar-refractivity contribution in [1.82, 2.24) is 0 Å².